The number of amides is 2. The van der Waals surface area contributed by atoms with Crippen LogP contribution in [0.25, 0.3) is 0 Å². The zero-order valence-corrected chi connectivity index (χ0v) is 16.5. The van der Waals surface area contributed by atoms with Gasteiger partial charge in [-0.25, -0.2) is 9.38 Å². The smallest absolute Gasteiger partial charge is 0.373 e. The van der Waals surface area contributed by atoms with Crippen LogP contribution >= 0.6 is 0 Å². The monoisotopic (exact) mass is 418 g/mol. The third-order valence-corrected chi connectivity index (χ3v) is 5.48. The minimum absolute atomic E-state index is 0.156. The van der Waals surface area contributed by atoms with Crippen LogP contribution in [0.5, 0.6) is 0 Å². The van der Waals surface area contributed by atoms with Gasteiger partial charge in [-0.2, -0.15) is 13.2 Å². The van der Waals surface area contributed by atoms with Gasteiger partial charge in [0.25, 0.3) is 5.91 Å². The van der Waals surface area contributed by atoms with Gasteiger partial charge in [-0.3, -0.25) is 14.5 Å². The van der Waals surface area contributed by atoms with Crippen molar-refractivity contribution in [1.82, 2.24) is 4.90 Å². The van der Waals surface area contributed by atoms with Gasteiger partial charge in [0.2, 0.25) is 11.5 Å². The Kier molecular flexibility index (Phi) is 5.21. The molecule has 160 valence electrons. The average molecular weight is 418 g/mol. The number of benzene rings is 1. The van der Waals surface area contributed by atoms with E-state index >= 15 is 0 Å². The predicted octanol–water partition coefficient (Wildman–Crippen LogP) is 2.11. The van der Waals surface area contributed by atoms with Crippen LogP contribution in [0.4, 0.5) is 23.2 Å². The lowest BCUT2D eigenvalue weighted by Gasteiger charge is -2.46. The number of nitrogens with one attached hydrogen (secondary N) is 1. The number of halogens is 4. The first kappa shape index (κ1) is 22.6. The molecule has 0 spiro atoms. The summed E-state index contributed by atoms with van der Waals surface area (Å²) in [5.74, 6) is -3.14. The van der Waals surface area contributed by atoms with Crippen molar-refractivity contribution in [3.05, 3.63) is 29.6 Å². The number of guanidine groups is 1. The molecule has 2 atom stereocenters. The maximum atomic E-state index is 14.7. The van der Waals surface area contributed by atoms with Crippen LogP contribution in [0, 0.1) is 11.2 Å². The number of nitrogens with zero attached hydrogens (tertiary/aromatic N) is 2. The first-order valence-electron chi connectivity index (χ1n) is 8.51. The van der Waals surface area contributed by atoms with Crippen LogP contribution < -0.4 is 11.1 Å². The van der Waals surface area contributed by atoms with Gasteiger partial charge < -0.3 is 16.2 Å². The Labute approximate surface area is 164 Å². The second-order valence-electron chi connectivity index (χ2n) is 7.75. The van der Waals surface area contributed by atoms with Crippen molar-refractivity contribution in [3.63, 3.8) is 0 Å². The molecule has 0 saturated carbocycles. The van der Waals surface area contributed by atoms with Crippen molar-refractivity contribution in [2.24, 2.45) is 16.1 Å². The average Bonchev–Trinajstić information content (AvgIpc) is 2.59. The molecule has 4 N–H and O–H groups in total. The standard InChI is InChI=1S/C18H22F4N4O3/c1-15(2)13(28)26(5)14(23)25-16(15,3)10-8-9(6-7-11(10)19)24-12(27)17(4,29)18(20,21)22/h6-8,29H,1-5H3,(H2,23,25)(H,24,27)/t16-,17-/m1/s1. The maximum absolute atomic E-state index is 14.7. The van der Waals surface area contributed by atoms with E-state index in [1.54, 1.807) is 0 Å². The zero-order chi connectivity index (χ0) is 22.6. The van der Waals surface area contributed by atoms with Crippen LogP contribution in [0.2, 0.25) is 0 Å². The molecule has 0 fully saturated rings. The fraction of sp³-hybridized carbons (Fsp3) is 0.500. The number of alkyl halides is 3. The topological polar surface area (TPSA) is 108 Å². The number of carbonyl (C=O) groups excluding carboxylic acids is 2. The summed E-state index contributed by atoms with van der Waals surface area (Å²) >= 11 is 0. The minimum atomic E-state index is -5.22. The molecule has 1 aliphatic heterocycles. The Morgan fingerprint density at radius 3 is 2.34 bits per heavy atom. The molecule has 1 aromatic carbocycles. The van der Waals surface area contributed by atoms with Gasteiger partial charge in [-0.1, -0.05) is 0 Å². The number of nitrogens with two attached hydrogens (primary N) is 1. The first-order chi connectivity index (χ1) is 13.0. The number of carbonyl (C=O) groups is 2. The summed E-state index contributed by atoms with van der Waals surface area (Å²) in [7, 11) is 1.41. The van der Waals surface area contributed by atoms with Gasteiger partial charge in [-0.15, -0.1) is 0 Å². The van der Waals surface area contributed by atoms with Crippen molar-refractivity contribution in [3.8, 4) is 0 Å². The molecule has 0 radical (unpaired) electrons. The molecule has 0 aliphatic carbocycles. The molecule has 0 aromatic heterocycles. The minimum Gasteiger partial charge on any atom is -0.373 e. The molecule has 29 heavy (non-hydrogen) atoms. The molecule has 0 bridgehead atoms. The summed E-state index contributed by atoms with van der Waals surface area (Å²) in [5, 5.41) is 11.4. The number of anilines is 1. The molecule has 1 heterocycles. The second-order valence-corrected chi connectivity index (χ2v) is 7.75. The molecule has 1 aliphatic rings. The highest BCUT2D eigenvalue weighted by molar-refractivity contribution is 6.02. The van der Waals surface area contributed by atoms with E-state index in [9.17, 15) is 32.3 Å². The predicted molar refractivity (Wildman–Crippen MR) is 97.2 cm³/mol. The fourth-order valence-corrected chi connectivity index (χ4v) is 2.93. The van der Waals surface area contributed by atoms with E-state index in [4.69, 9.17) is 5.73 Å². The van der Waals surface area contributed by atoms with Crippen LogP contribution in [0.15, 0.2) is 23.2 Å². The van der Waals surface area contributed by atoms with Gasteiger partial charge in [-0.05, 0) is 45.9 Å². The molecular formula is C18H22F4N4O3. The van der Waals surface area contributed by atoms with E-state index in [-0.39, 0.29) is 17.2 Å². The van der Waals surface area contributed by atoms with Crippen LogP contribution in [0.1, 0.15) is 33.3 Å². The SMILES string of the molecule is CN1C(=O)C(C)(C)[C@@](C)(c2cc(NC(=O)[C@@](C)(O)C(F)(F)F)ccc2F)N=C1N. The van der Waals surface area contributed by atoms with Crippen LogP contribution in [-0.4, -0.2) is 46.6 Å². The summed E-state index contributed by atoms with van der Waals surface area (Å²) in [6.45, 7) is 4.82. The second kappa shape index (κ2) is 6.68. The summed E-state index contributed by atoms with van der Waals surface area (Å²) in [5.41, 5.74) is -1.03. The lowest BCUT2D eigenvalue weighted by Crippen LogP contribution is -2.58. The van der Waals surface area contributed by atoms with E-state index in [0.29, 0.717) is 6.92 Å². The summed E-state index contributed by atoms with van der Waals surface area (Å²) in [6.07, 6.45) is -5.22. The Balaban J connectivity index is 2.54. The highest BCUT2D eigenvalue weighted by atomic mass is 19.4. The highest BCUT2D eigenvalue weighted by Crippen LogP contribution is 2.47. The van der Waals surface area contributed by atoms with Crippen LogP contribution in [0.3, 0.4) is 0 Å². The molecule has 0 unspecified atom stereocenters. The normalized spacial score (nSPS) is 24.0. The van der Waals surface area contributed by atoms with E-state index in [0.717, 1.165) is 23.1 Å². The van der Waals surface area contributed by atoms with E-state index < -0.39 is 40.4 Å². The van der Waals surface area contributed by atoms with Gasteiger partial charge in [0, 0.05) is 18.3 Å². The molecule has 1 aromatic rings. The van der Waals surface area contributed by atoms with Gasteiger partial charge >= 0.3 is 6.18 Å². The maximum Gasteiger partial charge on any atom is 0.426 e. The zero-order valence-electron chi connectivity index (χ0n) is 16.5. The van der Waals surface area contributed by atoms with E-state index in [2.05, 4.69) is 4.99 Å². The number of rotatable bonds is 3. The van der Waals surface area contributed by atoms with Crippen molar-refractivity contribution in [1.29, 1.82) is 0 Å². The van der Waals surface area contributed by atoms with Gasteiger partial charge in [0.15, 0.2) is 5.96 Å². The van der Waals surface area contributed by atoms with E-state index in [1.807, 2.05) is 5.32 Å². The molecule has 7 nitrogen and oxygen atoms in total. The summed E-state index contributed by atoms with van der Waals surface area (Å²) in [4.78, 5) is 30.0. The lowest BCUT2D eigenvalue weighted by atomic mass is 9.67. The quantitative estimate of drug-likeness (QED) is 0.654. The first-order valence-corrected chi connectivity index (χ1v) is 8.51. The lowest BCUT2D eigenvalue weighted by molar-refractivity contribution is -0.242. The van der Waals surface area contributed by atoms with Crippen molar-refractivity contribution in [2.45, 2.75) is 45.0 Å². The van der Waals surface area contributed by atoms with Crippen molar-refractivity contribution in [2.75, 3.05) is 12.4 Å². The van der Waals surface area contributed by atoms with Crippen molar-refractivity contribution >= 4 is 23.5 Å². The fourth-order valence-electron chi connectivity index (χ4n) is 2.93. The number of aliphatic hydroxyl groups is 1. The third kappa shape index (κ3) is 3.43. The van der Waals surface area contributed by atoms with E-state index in [1.165, 1.54) is 27.8 Å². The Morgan fingerprint density at radius 1 is 1.28 bits per heavy atom. The highest BCUT2D eigenvalue weighted by Gasteiger charge is 2.56. The largest absolute Gasteiger partial charge is 0.426 e. The number of hydrogen-bond donors (Lipinski definition) is 3. The van der Waals surface area contributed by atoms with Crippen LogP contribution in [-0.2, 0) is 15.1 Å². The molecule has 2 rings (SSSR count). The molecular weight excluding hydrogens is 396 g/mol. The van der Waals surface area contributed by atoms with Gasteiger partial charge in [0.05, 0.1) is 5.41 Å². The Hall–Kier alpha value is -2.69. The Bertz CT molecular complexity index is 896. The summed E-state index contributed by atoms with van der Waals surface area (Å²) in [6, 6.07) is 3.02. The summed E-state index contributed by atoms with van der Waals surface area (Å²) < 4.78 is 53.3. The van der Waals surface area contributed by atoms with Crippen molar-refractivity contribution < 1.29 is 32.3 Å². The number of hydrogen-bond acceptors (Lipinski definition) is 5. The number of aliphatic imine (C=N–C) groups is 1. The molecule has 11 heteroatoms. The molecule has 2 amide bonds. The van der Waals surface area contributed by atoms with Gasteiger partial charge in [0.1, 0.15) is 11.4 Å². The Morgan fingerprint density at radius 2 is 1.83 bits per heavy atom. The third-order valence-electron chi connectivity index (χ3n) is 5.48. The molecule has 0 saturated heterocycles.